The first kappa shape index (κ1) is 19.5. The normalized spacial score (nSPS) is 16.1. The molecule has 0 spiro atoms. The lowest BCUT2D eigenvalue weighted by atomic mass is 10.1. The van der Waals surface area contributed by atoms with Crippen molar-refractivity contribution in [1.29, 1.82) is 0 Å². The molecule has 3 rings (SSSR count). The Morgan fingerprint density at radius 2 is 2.12 bits per heavy atom. The first-order valence-electron chi connectivity index (χ1n) is 8.13. The summed E-state index contributed by atoms with van der Waals surface area (Å²) in [5.74, 6) is 0.286. The van der Waals surface area contributed by atoms with Gasteiger partial charge >= 0.3 is 0 Å². The molecule has 7 nitrogen and oxygen atoms in total. The number of para-hydroxylation sites is 2. The van der Waals surface area contributed by atoms with Gasteiger partial charge < -0.3 is 20.7 Å². The number of aromatic nitrogens is 1. The molecule has 0 bridgehead atoms. The van der Waals surface area contributed by atoms with E-state index in [9.17, 15) is 9.59 Å². The van der Waals surface area contributed by atoms with Gasteiger partial charge in [0.25, 0.3) is 0 Å². The first-order valence-corrected chi connectivity index (χ1v) is 8.13. The summed E-state index contributed by atoms with van der Waals surface area (Å²) in [7, 11) is 0. The topological polar surface area (TPSA) is 97.6 Å². The van der Waals surface area contributed by atoms with Gasteiger partial charge in [0.1, 0.15) is 11.6 Å². The van der Waals surface area contributed by atoms with Crippen molar-refractivity contribution >= 4 is 41.4 Å². The lowest BCUT2D eigenvalue weighted by Gasteiger charge is -2.20. The maximum atomic E-state index is 12.5. The number of rotatable bonds is 5. The minimum atomic E-state index is -0.431. The molecule has 2 heterocycles. The largest absolute Gasteiger partial charge is 0.492 e. The summed E-state index contributed by atoms with van der Waals surface area (Å²) in [5.41, 5.74) is 6.78. The number of hydrogen-bond donors (Lipinski definition) is 2. The monoisotopic (exact) mass is 376 g/mol. The van der Waals surface area contributed by atoms with Crippen LogP contribution in [0.4, 0.5) is 17.2 Å². The van der Waals surface area contributed by atoms with Crippen molar-refractivity contribution in [3.05, 3.63) is 42.6 Å². The lowest BCUT2D eigenvalue weighted by Crippen LogP contribution is -2.28. The molecule has 0 saturated carbocycles. The number of nitrogens with two attached hydrogens (primary N) is 1. The van der Waals surface area contributed by atoms with Crippen LogP contribution in [0.5, 0.6) is 5.75 Å². The third-order valence-corrected chi connectivity index (χ3v) is 4.01. The second kappa shape index (κ2) is 8.53. The van der Waals surface area contributed by atoms with Gasteiger partial charge in [0.15, 0.2) is 0 Å². The molecule has 8 heteroatoms. The average Bonchev–Trinajstić information content (AvgIpc) is 2.99. The molecule has 1 aromatic carbocycles. The maximum absolute atomic E-state index is 12.5. The first-order chi connectivity index (χ1) is 12.1. The summed E-state index contributed by atoms with van der Waals surface area (Å²) in [6.07, 6.45) is 1.65. The molecule has 1 aliphatic heterocycles. The standard InChI is InChI=1S/C18H20N4O3.ClH/c1-2-25-15-6-4-3-5-14(15)22-11-12(9-17(22)23)18(24)21-13-7-8-16(19)20-10-13;/h3-8,10,12H,2,9,11H2,1H3,(H2,19,20)(H,21,24);1H. The zero-order valence-electron chi connectivity index (χ0n) is 14.3. The lowest BCUT2D eigenvalue weighted by molar-refractivity contribution is -0.122. The highest BCUT2D eigenvalue weighted by molar-refractivity contribution is 6.04. The molecule has 2 amide bonds. The highest BCUT2D eigenvalue weighted by atomic mass is 35.5. The number of nitrogen functional groups attached to an aromatic ring is 1. The van der Waals surface area contributed by atoms with Crippen LogP contribution in [0, 0.1) is 5.92 Å². The van der Waals surface area contributed by atoms with Crippen molar-refractivity contribution in [3.63, 3.8) is 0 Å². The van der Waals surface area contributed by atoms with E-state index in [1.165, 1.54) is 6.20 Å². The van der Waals surface area contributed by atoms with Crippen LogP contribution in [0.2, 0.25) is 0 Å². The Morgan fingerprint density at radius 3 is 2.81 bits per heavy atom. The molecule has 0 aliphatic carbocycles. The fraction of sp³-hybridized carbons (Fsp3) is 0.278. The number of pyridine rings is 1. The molecule has 138 valence electrons. The van der Waals surface area contributed by atoms with Gasteiger partial charge in [0.05, 0.1) is 30.1 Å². The van der Waals surface area contributed by atoms with E-state index in [4.69, 9.17) is 10.5 Å². The Bertz CT molecular complexity index is 782. The van der Waals surface area contributed by atoms with Crippen LogP contribution >= 0.6 is 12.4 Å². The van der Waals surface area contributed by atoms with Crippen LogP contribution in [0.25, 0.3) is 0 Å². The Kier molecular flexibility index (Phi) is 6.41. The van der Waals surface area contributed by atoms with Crippen LogP contribution in [-0.2, 0) is 9.59 Å². The van der Waals surface area contributed by atoms with Gasteiger partial charge in [-0.2, -0.15) is 0 Å². The van der Waals surface area contributed by atoms with E-state index in [2.05, 4.69) is 10.3 Å². The molecule has 1 fully saturated rings. The summed E-state index contributed by atoms with van der Waals surface area (Å²) in [6, 6.07) is 10.6. The Morgan fingerprint density at radius 1 is 1.35 bits per heavy atom. The maximum Gasteiger partial charge on any atom is 0.229 e. The number of ether oxygens (including phenoxy) is 1. The zero-order chi connectivity index (χ0) is 17.8. The van der Waals surface area contributed by atoms with Crippen molar-refractivity contribution in [3.8, 4) is 5.75 Å². The second-order valence-electron chi connectivity index (χ2n) is 5.77. The average molecular weight is 377 g/mol. The molecule has 2 aromatic rings. The van der Waals surface area contributed by atoms with Crippen LogP contribution in [0.1, 0.15) is 13.3 Å². The van der Waals surface area contributed by atoms with Crippen molar-refractivity contribution in [2.45, 2.75) is 13.3 Å². The summed E-state index contributed by atoms with van der Waals surface area (Å²) in [5, 5.41) is 2.78. The fourth-order valence-electron chi connectivity index (χ4n) is 2.80. The van der Waals surface area contributed by atoms with Crippen molar-refractivity contribution in [2.24, 2.45) is 5.92 Å². The molecule has 1 aromatic heterocycles. The van der Waals surface area contributed by atoms with Gasteiger partial charge in [-0.1, -0.05) is 12.1 Å². The van der Waals surface area contributed by atoms with Crippen LogP contribution in [0.15, 0.2) is 42.6 Å². The van der Waals surface area contributed by atoms with Gasteiger partial charge in [0, 0.05) is 13.0 Å². The van der Waals surface area contributed by atoms with Crippen LogP contribution in [-0.4, -0.2) is 29.9 Å². The Balaban J connectivity index is 0.00000243. The van der Waals surface area contributed by atoms with E-state index in [0.29, 0.717) is 36.1 Å². The second-order valence-corrected chi connectivity index (χ2v) is 5.77. The zero-order valence-corrected chi connectivity index (χ0v) is 15.2. The molecule has 26 heavy (non-hydrogen) atoms. The summed E-state index contributed by atoms with van der Waals surface area (Å²) in [6.45, 7) is 2.71. The van der Waals surface area contributed by atoms with Gasteiger partial charge in [-0.25, -0.2) is 4.98 Å². The van der Waals surface area contributed by atoms with E-state index in [1.54, 1.807) is 17.0 Å². The van der Waals surface area contributed by atoms with Gasteiger partial charge in [0.2, 0.25) is 11.8 Å². The van der Waals surface area contributed by atoms with Crippen LogP contribution in [0.3, 0.4) is 0 Å². The van der Waals surface area contributed by atoms with E-state index in [-0.39, 0.29) is 30.6 Å². The van der Waals surface area contributed by atoms with E-state index < -0.39 is 5.92 Å². The molecular formula is C18H21ClN4O3. The Hall–Kier alpha value is -2.80. The number of halogens is 1. The molecule has 1 saturated heterocycles. The fourth-order valence-corrected chi connectivity index (χ4v) is 2.80. The molecule has 1 aliphatic rings. The van der Waals surface area contributed by atoms with E-state index in [1.807, 2.05) is 31.2 Å². The number of amides is 2. The minimum absolute atomic E-state index is 0. The number of nitrogens with zero attached hydrogens (tertiary/aromatic N) is 2. The summed E-state index contributed by atoms with van der Waals surface area (Å²) < 4.78 is 5.59. The number of benzene rings is 1. The van der Waals surface area contributed by atoms with Crippen LogP contribution < -0.4 is 20.7 Å². The predicted molar refractivity (Wildman–Crippen MR) is 103 cm³/mol. The molecular weight excluding hydrogens is 356 g/mol. The number of anilines is 3. The summed E-state index contributed by atoms with van der Waals surface area (Å²) in [4.78, 5) is 30.4. The van der Waals surface area contributed by atoms with Gasteiger partial charge in [-0.15, -0.1) is 12.4 Å². The van der Waals surface area contributed by atoms with Crippen molar-refractivity contribution in [1.82, 2.24) is 4.98 Å². The molecule has 0 radical (unpaired) electrons. The highest BCUT2D eigenvalue weighted by Crippen LogP contribution is 2.33. The van der Waals surface area contributed by atoms with Crippen molar-refractivity contribution < 1.29 is 14.3 Å². The molecule has 1 atom stereocenters. The van der Waals surface area contributed by atoms with Gasteiger partial charge in [-0.3, -0.25) is 9.59 Å². The smallest absolute Gasteiger partial charge is 0.229 e. The Labute approximate surface area is 157 Å². The number of nitrogens with one attached hydrogen (secondary N) is 1. The SMILES string of the molecule is CCOc1ccccc1N1CC(C(=O)Nc2ccc(N)nc2)CC1=O.Cl. The third-order valence-electron chi connectivity index (χ3n) is 4.01. The molecule has 3 N–H and O–H groups in total. The van der Waals surface area contributed by atoms with E-state index >= 15 is 0 Å². The van der Waals surface area contributed by atoms with E-state index in [0.717, 1.165) is 0 Å². The van der Waals surface area contributed by atoms with Gasteiger partial charge in [-0.05, 0) is 31.2 Å². The minimum Gasteiger partial charge on any atom is -0.492 e. The quantitative estimate of drug-likeness (QED) is 0.835. The predicted octanol–water partition coefficient (Wildman–Crippen LogP) is 2.48. The third kappa shape index (κ3) is 4.23. The highest BCUT2D eigenvalue weighted by Gasteiger charge is 2.36. The number of hydrogen-bond acceptors (Lipinski definition) is 5. The molecule has 1 unspecified atom stereocenters. The number of carbonyl (C=O) groups excluding carboxylic acids is 2. The number of carbonyl (C=O) groups is 2. The van der Waals surface area contributed by atoms with Crippen molar-refractivity contribution in [2.75, 3.05) is 29.1 Å². The summed E-state index contributed by atoms with van der Waals surface area (Å²) >= 11 is 0.